The molecule has 0 aliphatic rings. The highest BCUT2D eigenvalue weighted by atomic mass is 16.4. The van der Waals surface area contributed by atoms with Crippen molar-refractivity contribution >= 4 is 17.7 Å². The molecule has 2 amide bonds. The van der Waals surface area contributed by atoms with Crippen LogP contribution in [0.5, 0.6) is 0 Å². The molecule has 1 heterocycles. The van der Waals surface area contributed by atoms with E-state index in [2.05, 4.69) is 26.2 Å². The zero-order chi connectivity index (χ0) is 20.6. The van der Waals surface area contributed by atoms with Gasteiger partial charge in [-0.25, -0.2) is 9.48 Å². The van der Waals surface area contributed by atoms with Crippen LogP contribution in [0.15, 0.2) is 54.9 Å². The predicted octanol–water partition coefficient (Wildman–Crippen LogP) is 2.57. The van der Waals surface area contributed by atoms with Crippen molar-refractivity contribution in [3.05, 3.63) is 66.0 Å². The Kier molecular flexibility index (Phi) is 6.51. The maximum Gasteiger partial charge on any atom is 0.319 e. The molecule has 1 atom stereocenters. The van der Waals surface area contributed by atoms with Crippen molar-refractivity contribution in [2.45, 2.75) is 32.2 Å². The lowest BCUT2D eigenvalue weighted by Crippen LogP contribution is -2.39. The SMILES string of the molecule is Cc1ccc(-n2cnnn2)cc1NC(=O)NC(CCC(=O)O)Cc1ccccc1. The molecule has 0 saturated carbocycles. The van der Waals surface area contributed by atoms with Crippen molar-refractivity contribution in [1.29, 1.82) is 0 Å². The van der Waals surface area contributed by atoms with Gasteiger partial charge in [0.15, 0.2) is 0 Å². The van der Waals surface area contributed by atoms with Gasteiger partial charge < -0.3 is 15.7 Å². The second-order valence-corrected chi connectivity index (χ2v) is 6.67. The fourth-order valence-electron chi connectivity index (χ4n) is 2.93. The average Bonchev–Trinajstić information content (AvgIpc) is 3.23. The number of carbonyl (C=O) groups excluding carboxylic acids is 1. The number of nitrogens with one attached hydrogen (secondary N) is 2. The van der Waals surface area contributed by atoms with E-state index >= 15 is 0 Å². The fraction of sp³-hybridized carbons (Fsp3) is 0.250. The monoisotopic (exact) mass is 394 g/mol. The molecule has 0 spiro atoms. The number of carboxylic acid groups (broad SMARTS) is 1. The molecule has 1 aromatic heterocycles. The van der Waals surface area contributed by atoms with E-state index in [4.69, 9.17) is 5.11 Å². The van der Waals surface area contributed by atoms with Crippen LogP contribution in [0.1, 0.15) is 24.0 Å². The lowest BCUT2D eigenvalue weighted by atomic mass is 10.0. The highest BCUT2D eigenvalue weighted by Gasteiger charge is 2.16. The van der Waals surface area contributed by atoms with Gasteiger partial charge in [0.25, 0.3) is 0 Å². The summed E-state index contributed by atoms with van der Waals surface area (Å²) < 4.78 is 1.49. The van der Waals surface area contributed by atoms with Crippen LogP contribution in [0, 0.1) is 6.92 Å². The summed E-state index contributed by atoms with van der Waals surface area (Å²) in [5.74, 6) is -0.893. The third kappa shape index (κ3) is 5.86. The molecule has 9 heteroatoms. The van der Waals surface area contributed by atoms with Crippen LogP contribution in [0.4, 0.5) is 10.5 Å². The third-order valence-electron chi connectivity index (χ3n) is 4.45. The molecule has 0 bridgehead atoms. The number of aliphatic carboxylic acids is 1. The van der Waals surface area contributed by atoms with Gasteiger partial charge in [0.05, 0.1) is 5.69 Å². The summed E-state index contributed by atoms with van der Waals surface area (Å²) in [7, 11) is 0. The quantitative estimate of drug-likeness (QED) is 0.540. The van der Waals surface area contributed by atoms with Gasteiger partial charge in [-0.3, -0.25) is 4.79 Å². The second-order valence-electron chi connectivity index (χ2n) is 6.67. The first-order valence-corrected chi connectivity index (χ1v) is 9.18. The molecule has 1 unspecified atom stereocenters. The highest BCUT2D eigenvalue weighted by Crippen LogP contribution is 2.19. The number of carboxylic acids is 1. The normalized spacial score (nSPS) is 11.6. The van der Waals surface area contributed by atoms with E-state index in [1.165, 1.54) is 11.0 Å². The van der Waals surface area contributed by atoms with Crippen molar-refractivity contribution in [1.82, 2.24) is 25.5 Å². The van der Waals surface area contributed by atoms with Gasteiger partial charge in [0.2, 0.25) is 0 Å². The van der Waals surface area contributed by atoms with Crippen molar-refractivity contribution in [3.8, 4) is 5.69 Å². The maximum absolute atomic E-state index is 12.6. The van der Waals surface area contributed by atoms with Crippen LogP contribution in [0.25, 0.3) is 5.69 Å². The van der Waals surface area contributed by atoms with E-state index in [1.54, 1.807) is 6.07 Å². The average molecular weight is 394 g/mol. The Morgan fingerprint density at radius 1 is 1.17 bits per heavy atom. The summed E-state index contributed by atoms with van der Waals surface area (Å²) in [6.45, 7) is 1.88. The molecule has 0 radical (unpaired) electrons. The minimum Gasteiger partial charge on any atom is -0.481 e. The standard InChI is InChI=1S/C20H22N6O3/c1-14-7-9-17(26-13-21-24-25-26)12-18(14)23-20(29)22-16(8-10-19(27)28)11-15-5-3-2-4-6-15/h2-7,9,12-13,16H,8,10-11H2,1H3,(H,27,28)(H2,22,23,29). The molecule has 2 aromatic carbocycles. The van der Waals surface area contributed by atoms with Gasteiger partial charge in [-0.2, -0.15) is 0 Å². The van der Waals surface area contributed by atoms with Gasteiger partial charge in [-0.15, -0.1) is 5.10 Å². The van der Waals surface area contributed by atoms with Gasteiger partial charge in [0.1, 0.15) is 6.33 Å². The van der Waals surface area contributed by atoms with Gasteiger partial charge >= 0.3 is 12.0 Å². The molecule has 0 aliphatic heterocycles. The fourth-order valence-corrected chi connectivity index (χ4v) is 2.93. The molecule has 0 fully saturated rings. The van der Waals surface area contributed by atoms with Crippen LogP contribution in [-0.2, 0) is 11.2 Å². The Balaban J connectivity index is 1.69. The largest absolute Gasteiger partial charge is 0.481 e. The van der Waals surface area contributed by atoms with Crippen molar-refractivity contribution in [3.63, 3.8) is 0 Å². The zero-order valence-corrected chi connectivity index (χ0v) is 15.9. The Morgan fingerprint density at radius 2 is 1.97 bits per heavy atom. The Bertz CT molecular complexity index is 960. The van der Waals surface area contributed by atoms with E-state index in [-0.39, 0.29) is 12.5 Å². The highest BCUT2D eigenvalue weighted by molar-refractivity contribution is 5.90. The first-order chi connectivity index (χ1) is 14.0. The number of tetrazole rings is 1. The summed E-state index contributed by atoms with van der Waals surface area (Å²) in [6, 6.07) is 14.4. The topological polar surface area (TPSA) is 122 Å². The number of aromatic nitrogens is 4. The van der Waals surface area contributed by atoms with Gasteiger partial charge in [0, 0.05) is 18.2 Å². The molecule has 29 heavy (non-hydrogen) atoms. The van der Waals surface area contributed by atoms with E-state index in [1.807, 2.05) is 49.4 Å². The third-order valence-corrected chi connectivity index (χ3v) is 4.45. The van der Waals surface area contributed by atoms with Crippen LogP contribution in [0.3, 0.4) is 0 Å². The number of amides is 2. The summed E-state index contributed by atoms with van der Waals surface area (Å²) >= 11 is 0. The molecule has 3 rings (SSSR count). The molecular formula is C20H22N6O3. The lowest BCUT2D eigenvalue weighted by Gasteiger charge is -2.19. The summed E-state index contributed by atoms with van der Waals surface area (Å²) in [4.78, 5) is 23.6. The van der Waals surface area contributed by atoms with Gasteiger partial charge in [-0.1, -0.05) is 36.4 Å². The van der Waals surface area contributed by atoms with Crippen LogP contribution < -0.4 is 10.6 Å². The van der Waals surface area contributed by atoms with E-state index in [0.29, 0.717) is 24.2 Å². The number of nitrogens with zero attached hydrogens (tertiary/aromatic N) is 4. The Morgan fingerprint density at radius 3 is 2.66 bits per heavy atom. The van der Waals surface area contributed by atoms with Crippen LogP contribution >= 0.6 is 0 Å². The first kappa shape index (κ1) is 20.0. The van der Waals surface area contributed by atoms with E-state index in [0.717, 1.165) is 11.1 Å². The second kappa shape index (κ2) is 9.45. The minimum atomic E-state index is -0.893. The Labute approximate surface area is 167 Å². The van der Waals surface area contributed by atoms with Crippen LogP contribution in [-0.4, -0.2) is 43.4 Å². The number of benzene rings is 2. The van der Waals surface area contributed by atoms with Crippen molar-refractivity contribution in [2.24, 2.45) is 0 Å². The van der Waals surface area contributed by atoms with Crippen molar-refractivity contribution in [2.75, 3.05) is 5.32 Å². The van der Waals surface area contributed by atoms with Crippen LogP contribution in [0.2, 0.25) is 0 Å². The summed E-state index contributed by atoms with van der Waals surface area (Å²) in [6.07, 6.45) is 2.33. The molecule has 3 aromatic rings. The minimum absolute atomic E-state index is 0.0222. The molecular weight excluding hydrogens is 372 g/mol. The molecule has 9 nitrogen and oxygen atoms in total. The molecule has 3 N–H and O–H groups in total. The van der Waals surface area contributed by atoms with Gasteiger partial charge in [-0.05, 0) is 53.5 Å². The van der Waals surface area contributed by atoms with E-state index in [9.17, 15) is 9.59 Å². The first-order valence-electron chi connectivity index (χ1n) is 9.18. The number of hydrogen-bond donors (Lipinski definition) is 3. The predicted molar refractivity (Wildman–Crippen MR) is 107 cm³/mol. The smallest absolute Gasteiger partial charge is 0.319 e. The lowest BCUT2D eigenvalue weighted by molar-refractivity contribution is -0.137. The molecule has 0 saturated heterocycles. The van der Waals surface area contributed by atoms with Crippen molar-refractivity contribution < 1.29 is 14.7 Å². The summed E-state index contributed by atoms with van der Waals surface area (Å²) in [5, 5.41) is 25.8. The van der Waals surface area contributed by atoms with E-state index < -0.39 is 12.0 Å². The zero-order valence-electron chi connectivity index (χ0n) is 15.9. The maximum atomic E-state index is 12.6. The number of urea groups is 1. The molecule has 150 valence electrons. The number of aryl methyl sites for hydroxylation is 1. The Hall–Kier alpha value is -3.75. The number of anilines is 1. The molecule has 0 aliphatic carbocycles. The summed E-state index contributed by atoms with van der Waals surface area (Å²) in [5.41, 5.74) is 3.23. The number of rotatable bonds is 8. The number of hydrogen-bond acceptors (Lipinski definition) is 5. The number of carbonyl (C=O) groups is 2.